The van der Waals surface area contributed by atoms with Gasteiger partial charge in [0.1, 0.15) is 11.4 Å². The fourth-order valence-corrected chi connectivity index (χ4v) is 2.33. The van der Waals surface area contributed by atoms with Gasteiger partial charge in [-0.15, -0.1) is 0 Å². The lowest BCUT2D eigenvalue weighted by Gasteiger charge is -2.10. The molecule has 1 aromatic heterocycles. The van der Waals surface area contributed by atoms with Gasteiger partial charge in [0.2, 0.25) is 0 Å². The number of ether oxygens (including phenoxy) is 1. The van der Waals surface area contributed by atoms with Crippen LogP contribution in [-0.4, -0.2) is 17.5 Å². The molecule has 146 valence electrons. The minimum absolute atomic E-state index is 0.170. The quantitative estimate of drug-likeness (QED) is 0.660. The van der Waals surface area contributed by atoms with Crippen molar-refractivity contribution in [3.05, 3.63) is 89.7 Å². The van der Waals surface area contributed by atoms with Crippen molar-refractivity contribution in [3.63, 3.8) is 0 Å². The lowest BCUT2D eigenvalue weighted by atomic mass is 10.2. The van der Waals surface area contributed by atoms with Crippen LogP contribution in [0.3, 0.4) is 0 Å². The first-order valence-corrected chi connectivity index (χ1v) is 8.53. The number of halogens is 3. The maximum Gasteiger partial charge on any atom is 0.416 e. The normalized spacial score (nSPS) is 10.6. The molecule has 0 aliphatic carbocycles. The third-order valence-electron chi connectivity index (χ3n) is 3.70. The Kier molecular flexibility index (Phi) is 6.15. The van der Waals surface area contributed by atoms with E-state index in [1.807, 2.05) is 6.07 Å². The summed E-state index contributed by atoms with van der Waals surface area (Å²) in [6.07, 6.45) is -2.77. The summed E-state index contributed by atoms with van der Waals surface area (Å²) in [6.45, 7) is -0.338. The summed E-state index contributed by atoms with van der Waals surface area (Å²) < 4.78 is 42.9. The Morgan fingerprint density at radius 3 is 2.48 bits per heavy atom. The van der Waals surface area contributed by atoms with Gasteiger partial charge in [0, 0.05) is 17.4 Å². The average molecular weight is 396 g/mol. The molecule has 0 unspecified atom stereocenters. The summed E-state index contributed by atoms with van der Waals surface area (Å²) >= 11 is 0. The Hall–Kier alpha value is -3.79. The topological polar surface area (TPSA) is 51.2 Å². The molecule has 0 aliphatic rings. The Labute approximate surface area is 165 Å². The molecule has 0 spiro atoms. The molecule has 3 aromatic rings. The smallest absolute Gasteiger partial charge is 0.416 e. The summed E-state index contributed by atoms with van der Waals surface area (Å²) in [5.74, 6) is 5.61. The fraction of sp³-hybridized carbons (Fsp3) is 0.0909. The van der Waals surface area contributed by atoms with Crippen molar-refractivity contribution in [1.29, 1.82) is 0 Å². The van der Waals surface area contributed by atoms with Crippen LogP contribution in [0.2, 0.25) is 0 Å². The molecule has 29 heavy (non-hydrogen) atoms. The van der Waals surface area contributed by atoms with E-state index in [1.165, 1.54) is 12.1 Å². The molecular weight excluding hydrogens is 381 g/mol. The van der Waals surface area contributed by atoms with Gasteiger partial charge in [-0.1, -0.05) is 18.1 Å². The lowest BCUT2D eigenvalue weighted by Crippen LogP contribution is -2.20. The van der Waals surface area contributed by atoms with E-state index in [0.29, 0.717) is 16.9 Å². The van der Waals surface area contributed by atoms with Crippen LogP contribution in [0.15, 0.2) is 72.9 Å². The van der Waals surface area contributed by atoms with E-state index in [0.717, 1.165) is 12.1 Å². The largest absolute Gasteiger partial charge is 0.484 e. The van der Waals surface area contributed by atoms with Gasteiger partial charge < -0.3 is 10.1 Å². The molecule has 1 N–H and O–H groups in total. The standard InChI is InChI=1S/C22H15F3N2O2/c23-22(24,25)17-8-11-20(12-9-17)29-15-21(28)27-19-6-3-4-16(14-19)7-10-18-5-1-2-13-26-18/h1-6,8-9,11-14H,15H2,(H,27,28). The van der Waals surface area contributed by atoms with Crippen LogP contribution >= 0.6 is 0 Å². The van der Waals surface area contributed by atoms with Gasteiger partial charge >= 0.3 is 6.18 Å². The Balaban J connectivity index is 1.56. The number of aromatic nitrogens is 1. The number of nitrogens with one attached hydrogen (secondary N) is 1. The summed E-state index contributed by atoms with van der Waals surface area (Å²) in [5, 5.41) is 2.66. The molecule has 2 aromatic carbocycles. The molecule has 0 aliphatic heterocycles. The van der Waals surface area contributed by atoms with Crippen LogP contribution in [0.4, 0.5) is 18.9 Å². The second kappa shape index (κ2) is 8.93. The van der Waals surface area contributed by atoms with E-state index in [1.54, 1.807) is 42.6 Å². The van der Waals surface area contributed by atoms with E-state index >= 15 is 0 Å². The number of nitrogens with zero attached hydrogens (tertiary/aromatic N) is 1. The van der Waals surface area contributed by atoms with Crippen LogP contribution in [0, 0.1) is 11.8 Å². The predicted octanol–water partition coefficient (Wildman–Crippen LogP) is 4.52. The molecule has 0 saturated heterocycles. The second-order valence-corrected chi connectivity index (χ2v) is 5.90. The van der Waals surface area contributed by atoms with E-state index in [4.69, 9.17) is 4.74 Å². The highest BCUT2D eigenvalue weighted by molar-refractivity contribution is 5.92. The predicted molar refractivity (Wildman–Crippen MR) is 102 cm³/mol. The Bertz CT molecular complexity index is 1040. The van der Waals surface area contributed by atoms with Gasteiger partial charge in [-0.25, -0.2) is 4.98 Å². The van der Waals surface area contributed by atoms with E-state index in [9.17, 15) is 18.0 Å². The Morgan fingerprint density at radius 1 is 1.00 bits per heavy atom. The van der Waals surface area contributed by atoms with Gasteiger partial charge in [-0.2, -0.15) is 13.2 Å². The SMILES string of the molecule is O=C(COc1ccc(C(F)(F)F)cc1)Nc1cccc(C#Cc2ccccn2)c1. The number of amides is 1. The molecule has 0 bridgehead atoms. The third-order valence-corrected chi connectivity index (χ3v) is 3.70. The zero-order chi connectivity index (χ0) is 20.7. The van der Waals surface area contributed by atoms with Crippen LogP contribution in [0.25, 0.3) is 0 Å². The highest BCUT2D eigenvalue weighted by Gasteiger charge is 2.30. The van der Waals surface area contributed by atoms with Crippen LogP contribution in [0.5, 0.6) is 5.75 Å². The van der Waals surface area contributed by atoms with E-state index in [2.05, 4.69) is 22.1 Å². The highest BCUT2D eigenvalue weighted by Crippen LogP contribution is 2.30. The minimum Gasteiger partial charge on any atom is -0.484 e. The number of carbonyl (C=O) groups excluding carboxylic acids is 1. The van der Waals surface area contributed by atoms with Crippen molar-refractivity contribution in [2.24, 2.45) is 0 Å². The first-order chi connectivity index (χ1) is 13.9. The molecule has 3 rings (SSSR count). The van der Waals surface area contributed by atoms with Crippen molar-refractivity contribution in [3.8, 4) is 17.6 Å². The second-order valence-electron chi connectivity index (χ2n) is 5.90. The number of hydrogen-bond donors (Lipinski definition) is 1. The Morgan fingerprint density at radius 2 is 1.79 bits per heavy atom. The van der Waals surface area contributed by atoms with Gasteiger partial charge in [-0.3, -0.25) is 4.79 Å². The van der Waals surface area contributed by atoms with E-state index in [-0.39, 0.29) is 12.4 Å². The summed E-state index contributed by atoms with van der Waals surface area (Å²) in [6, 6.07) is 16.5. The number of hydrogen-bond acceptors (Lipinski definition) is 3. The number of alkyl halides is 3. The number of carbonyl (C=O) groups is 1. The minimum atomic E-state index is -4.42. The molecular formula is C22H15F3N2O2. The zero-order valence-corrected chi connectivity index (χ0v) is 15.0. The van der Waals surface area contributed by atoms with Gasteiger partial charge in [0.25, 0.3) is 5.91 Å². The summed E-state index contributed by atoms with van der Waals surface area (Å²) in [5.41, 5.74) is 1.07. The first kappa shape index (κ1) is 20.0. The highest BCUT2D eigenvalue weighted by atomic mass is 19.4. The van der Waals surface area contributed by atoms with Crippen LogP contribution < -0.4 is 10.1 Å². The van der Waals surface area contributed by atoms with Crippen molar-refractivity contribution >= 4 is 11.6 Å². The number of pyridine rings is 1. The van der Waals surface area contributed by atoms with Crippen molar-refractivity contribution in [1.82, 2.24) is 4.98 Å². The van der Waals surface area contributed by atoms with Gasteiger partial charge in [0.15, 0.2) is 6.61 Å². The average Bonchev–Trinajstić information content (AvgIpc) is 2.71. The van der Waals surface area contributed by atoms with Gasteiger partial charge in [-0.05, 0) is 60.5 Å². The van der Waals surface area contributed by atoms with E-state index < -0.39 is 17.6 Å². The first-order valence-electron chi connectivity index (χ1n) is 8.53. The van der Waals surface area contributed by atoms with Crippen molar-refractivity contribution < 1.29 is 22.7 Å². The zero-order valence-electron chi connectivity index (χ0n) is 15.0. The summed E-state index contributed by atoms with van der Waals surface area (Å²) in [4.78, 5) is 16.2. The number of rotatable bonds is 4. The van der Waals surface area contributed by atoms with Gasteiger partial charge in [0.05, 0.1) is 5.56 Å². The molecule has 7 heteroatoms. The molecule has 1 heterocycles. The number of benzene rings is 2. The van der Waals surface area contributed by atoms with Crippen molar-refractivity contribution in [2.75, 3.05) is 11.9 Å². The maximum absolute atomic E-state index is 12.5. The molecule has 0 atom stereocenters. The van der Waals surface area contributed by atoms with Crippen LogP contribution in [0.1, 0.15) is 16.8 Å². The van der Waals surface area contributed by atoms with Crippen molar-refractivity contribution in [2.45, 2.75) is 6.18 Å². The lowest BCUT2D eigenvalue weighted by molar-refractivity contribution is -0.137. The fourth-order valence-electron chi connectivity index (χ4n) is 2.33. The summed E-state index contributed by atoms with van der Waals surface area (Å²) in [7, 11) is 0. The molecule has 4 nitrogen and oxygen atoms in total. The molecule has 0 radical (unpaired) electrons. The molecule has 1 amide bonds. The maximum atomic E-state index is 12.5. The number of anilines is 1. The van der Waals surface area contributed by atoms with Crippen LogP contribution in [-0.2, 0) is 11.0 Å². The molecule has 0 fully saturated rings. The third kappa shape index (κ3) is 6.11. The molecule has 0 saturated carbocycles. The monoisotopic (exact) mass is 396 g/mol.